The summed E-state index contributed by atoms with van der Waals surface area (Å²) in [5, 5.41) is 0. The molecule has 0 spiro atoms. The van der Waals surface area contributed by atoms with Gasteiger partial charge in [0.15, 0.2) is 5.78 Å². The van der Waals surface area contributed by atoms with Crippen molar-refractivity contribution in [3.63, 3.8) is 0 Å². The smallest absolute Gasteiger partial charge is 0.196 e. The molecule has 3 heteroatoms. The molecule has 2 aromatic rings. The molecule has 0 radical (unpaired) electrons. The van der Waals surface area contributed by atoms with E-state index < -0.39 is 0 Å². The molecular formula is C17H18O3. The molecule has 0 aliphatic rings. The molecule has 0 N–H and O–H groups in total. The molecular weight excluding hydrogens is 252 g/mol. The van der Waals surface area contributed by atoms with Crippen molar-refractivity contribution in [2.75, 3.05) is 14.2 Å². The number of carbonyl (C=O) groups is 1. The van der Waals surface area contributed by atoms with Gasteiger partial charge in [-0.1, -0.05) is 31.2 Å². The summed E-state index contributed by atoms with van der Waals surface area (Å²) in [5.74, 6) is 1.12. The first kappa shape index (κ1) is 14.1. The molecule has 0 aromatic heterocycles. The standard InChI is InChI=1S/C17H18O3/c1-4-12-5-7-13(8-6-12)17(18)15-11-14(19-2)9-10-16(15)20-3/h5-11H,4H2,1-3H3. The molecule has 2 aromatic carbocycles. The monoisotopic (exact) mass is 270 g/mol. The van der Waals surface area contributed by atoms with Crippen LogP contribution in [0.1, 0.15) is 28.4 Å². The van der Waals surface area contributed by atoms with Gasteiger partial charge in [0.2, 0.25) is 0 Å². The molecule has 0 amide bonds. The highest BCUT2D eigenvalue weighted by Gasteiger charge is 2.15. The molecule has 0 aliphatic heterocycles. The molecule has 3 nitrogen and oxygen atoms in total. The van der Waals surface area contributed by atoms with Crippen LogP contribution < -0.4 is 9.47 Å². The Morgan fingerprint density at radius 3 is 2.25 bits per heavy atom. The van der Waals surface area contributed by atoms with Crippen LogP contribution in [-0.2, 0) is 6.42 Å². The molecule has 0 aliphatic carbocycles. The van der Waals surface area contributed by atoms with Crippen molar-refractivity contribution < 1.29 is 14.3 Å². The Hall–Kier alpha value is -2.29. The molecule has 0 saturated heterocycles. The van der Waals surface area contributed by atoms with Crippen LogP contribution in [0, 0.1) is 0 Å². The first-order chi connectivity index (χ1) is 9.69. The fourth-order valence-electron chi connectivity index (χ4n) is 2.04. The van der Waals surface area contributed by atoms with Crippen molar-refractivity contribution in [3.05, 3.63) is 59.2 Å². The zero-order chi connectivity index (χ0) is 14.5. The third-order valence-corrected chi connectivity index (χ3v) is 3.28. The molecule has 2 rings (SSSR count). The van der Waals surface area contributed by atoms with Crippen molar-refractivity contribution >= 4 is 5.78 Å². The van der Waals surface area contributed by atoms with E-state index in [2.05, 4.69) is 6.92 Å². The third-order valence-electron chi connectivity index (χ3n) is 3.28. The van der Waals surface area contributed by atoms with Gasteiger partial charge in [-0.05, 0) is 30.2 Å². The van der Waals surface area contributed by atoms with Gasteiger partial charge < -0.3 is 9.47 Å². The van der Waals surface area contributed by atoms with Crippen LogP contribution in [-0.4, -0.2) is 20.0 Å². The van der Waals surface area contributed by atoms with Crippen molar-refractivity contribution in [1.82, 2.24) is 0 Å². The Kier molecular flexibility index (Phi) is 4.41. The van der Waals surface area contributed by atoms with Crippen LogP contribution in [0.15, 0.2) is 42.5 Å². The molecule has 0 unspecified atom stereocenters. The Labute approximate surface area is 119 Å². The van der Waals surface area contributed by atoms with Gasteiger partial charge in [-0.3, -0.25) is 4.79 Å². The zero-order valence-corrected chi connectivity index (χ0v) is 12.0. The number of rotatable bonds is 5. The van der Waals surface area contributed by atoms with Crippen molar-refractivity contribution in [2.24, 2.45) is 0 Å². The summed E-state index contributed by atoms with van der Waals surface area (Å²) in [6.07, 6.45) is 0.955. The number of ether oxygens (including phenoxy) is 2. The second-order valence-corrected chi connectivity index (χ2v) is 4.45. The normalized spacial score (nSPS) is 10.2. The minimum Gasteiger partial charge on any atom is -0.497 e. The number of hydrogen-bond donors (Lipinski definition) is 0. The van der Waals surface area contributed by atoms with Gasteiger partial charge in [-0.15, -0.1) is 0 Å². The Morgan fingerprint density at radius 1 is 1.00 bits per heavy atom. The van der Waals surface area contributed by atoms with Gasteiger partial charge in [-0.25, -0.2) is 0 Å². The largest absolute Gasteiger partial charge is 0.497 e. The topological polar surface area (TPSA) is 35.5 Å². The molecule has 0 fully saturated rings. The Balaban J connectivity index is 2.40. The Bertz CT molecular complexity index is 600. The minimum absolute atomic E-state index is 0.0663. The number of benzene rings is 2. The lowest BCUT2D eigenvalue weighted by Gasteiger charge is -2.10. The Morgan fingerprint density at radius 2 is 1.70 bits per heavy atom. The quantitative estimate of drug-likeness (QED) is 0.780. The summed E-state index contributed by atoms with van der Waals surface area (Å²) < 4.78 is 10.4. The summed E-state index contributed by atoms with van der Waals surface area (Å²) in [6, 6.07) is 12.9. The summed E-state index contributed by atoms with van der Waals surface area (Å²) in [4.78, 5) is 12.6. The van der Waals surface area contributed by atoms with Crippen LogP contribution >= 0.6 is 0 Å². The lowest BCUT2D eigenvalue weighted by Crippen LogP contribution is -2.04. The molecule has 104 valence electrons. The van der Waals surface area contributed by atoms with Crippen LogP contribution in [0.3, 0.4) is 0 Å². The number of hydrogen-bond acceptors (Lipinski definition) is 3. The molecule has 20 heavy (non-hydrogen) atoms. The minimum atomic E-state index is -0.0663. The third kappa shape index (κ3) is 2.82. The number of methoxy groups -OCH3 is 2. The van der Waals surface area contributed by atoms with E-state index in [-0.39, 0.29) is 5.78 Å². The van der Waals surface area contributed by atoms with Crippen LogP contribution in [0.25, 0.3) is 0 Å². The van der Waals surface area contributed by atoms with Gasteiger partial charge in [0.1, 0.15) is 11.5 Å². The predicted octanol–water partition coefficient (Wildman–Crippen LogP) is 3.50. The second-order valence-electron chi connectivity index (χ2n) is 4.45. The lowest BCUT2D eigenvalue weighted by atomic mass is 10.0. The molecule has 0 heterocycles. The van der Waals surface area contributed by atoms with E-state index in [1.54, 1.807) is 32.4 Å². The zero-order valence-electron chi connectivity index (χ0n) is 12.0. The number of carbonyl (C=O) groups excluding carboxylic acids is 1. The van der Waals surface area contributed by atoms with Gasteiger partial charge in [-0.2, -0.15) is 0 Å². The van der Waals surface area contributed by atoms with E-state index in [0.29, 0.717) is 22.6 Å². The van der Waals surface area contributed by atoms with Crippen molar-refractivity contribution in [1.29, 1.82) is 0 Å². The van der Waals surface area contributed by atoms with E-state index in [4.69, 9.17) is 9.47 Å². The van der Waals surface area contributed by atoms with E-state index in [1.165, 1.54) is 5.56 Å². The number of ketones is 1. The van der Waals surface area contributed by atoms with E-state index >= 15 is 0 Å². The molecule has 0 saturated carbocycles. The van der Waals surface area contributed by atoms with Crippen LogP contribution in [0.5, 0.6) is 11.5 Å². The first-order valence-corrected chi connectivity index (χ1v) is 6.55. The first-order valence-electron chi connectivity index (χ1n) is 6.55. The second kappa shape index (κ2) is 6.24. The van der Waals surface area contributed by atoms with Crippen molar-refractivity contribution in [2.45, 2.75) is 13.3 Å². The van der Waals surface area contributed by atoms with Gasteiger partial charge in [0.25, 0.3) is 0 Å². The van der Waals surface area contributed by atoms with E-state index in [0.717, 1.165) is 6.42 Å². The summed E-state index contributed by atoms with van der Waals surface area (Å²) in [5.41, 5.74) is 2.36. The molecule has 0 atom stereocenters. The molecule has 0 bridgehead atoms. The van der Waals surface area contributed by atoms with Crippen LogP contribution in [0.4, 0.5) is 0 Å². The average molecular weight is 270 g/mol. The van der Waals surface area contributed by atoms with Gasteiger partial charge in [0, 0.05) is 5.56 Å². The maximum absolute atomic E-state index is 12.6. The summed E-state index contributed by atoms with van der Waals surface area (Å²) in [6.45, 7) is 2.09. The van der Waals surface area contributed by atoms with E-state index in [1.807, 2.05) is 24.3 Å². The van der Waals surface area contributed by atoms with Gasteiger partial charge in [0.05, 0.1) is 19.8 Å². The SMILES string of the molecule is CCc1ccc(C(=O)c2cc(OC)ccc2OC)cc1. The number of aryl methyl sites for hydroxylation is 1. The maximum atomic E-state index is 12.6. The summed E-state index contributed by atoms with van der Waals surface area (Å²) in [7, 11) is 3.13. The fourth-order valence-corrected chi connectivity index (χ4v) is 2.04. The van der Waals surface area contributed by atoms with Gasteiger partial charge >= 0.3 is 0 Å². The highest BCUT2D eigenvalue weighted by Crippen LogP contribution is 2.26. The van der Waals surface area contributed by atoms with Crippen LogP contribution in [0.2, 0.25) is 0 Å². The van der Waals surface area contributed by atoms with E-state index in [9.17, 15) is 4.79 Å². The maximum Gasteiger partial charge on any atom is 0.196 e. The fraction of sp³-hybridized carbons (Fsp3) is 0.235. The predicted molar refractivity (Wildman–Crippen MR) is 78.8 cm³/mol. The summed E-state index contributed by atoms with van der Waals surface area (Å²) >= 11 is 0. The lowest BCUT2D eigenvalue weighted by molar-refractivity contribution is 0.103. The van der Waals surface area contributed by atoms with Crippen molar-refractivity contribution in [3.8, 4) is 11.5 Å². The highest BCUT2D eigenvalue weighted by atomic mass is 16.5. The highest BCUT2D eigenvalue weighted by molar-refractivity contribution is 6.11. The average Bonchev–Trinajstić information content (AvgIpc) is 2.53.